The number of carbonyl (C=O) groups is 1. The Bertz CT molecular complexity index is 1080. The topological polar surface area (TPSA) is 59.6 Å². The second kappa shape index (κ2) is 7.56. The summed E-state index contributed by atoms with van der Waals surface area (Å²) in [6, 6.07) is 15.8. The fourth-order valence-electron chi connectivity index (χ4n) is 3.92. The zero-order valence-electron chi connectivity index (χ0n) is 16.3. The third kappa shape index (κ3) is 3.55. The monoisotopic (exact) mass is 377 g/mol. The first-order valence-electron chi connectivity index (χ1n) is 9.67. The van der Waals surface area contributed by atoms with Crippen molar-refractivity contribution in [2.45, 2.75) is 13.5 Å². The standard InChI is InChI=1S/C22H24N4O2/c1-16-6-5-7-17(14-16)15-25-10-12-26(13-11-25)22(28)20-18-8-3-4-9-19(18)21(27)24(2)23-20/h3-9,14H,10-13,15H2,1-2H3/p+1. The number of aryl methyl sites for hydroxylation is 2. The van der Waals surface area contributed by atoms with Crippen LogP contribution in [0.1, 0.15) is 21.6 Å². The number of hydrogen-bond donors (Lipinski definition) is 1. The first-order valence-corrected chi connectivity index (χ1v) is 9.67. The van der Waals surface area contributed by atoms with E-state index in [9.17, 15) is 9.59 Å². The molecule has 2 heterocycles. The Morgan fingerprint density at radius 3 is 2.50 bits per heavy atom. The highest BCUT2D eigenvalue weighted by molar-refractivity contribution is 6.04. The van der Waals surface area contributed by atoms with Crippen molar-refractivity contribution in [3.8, 4) is 0 Å². The number of fused-ring (bicyclic) bond motifs is 1. The molecule has 1 N–H and O–H groups in total. The molecule has 0 unspecified atom stereocenters. The van der Waals surface area contributed by atoms with E-state index in [2.05, 4.69) is 36.3 Å². The van der Waals surface area contributed by atoms with Crippen molar-refractivity contribution in [2.24, 2.45) is 7.05 Å². The summed E-state index contributed by atoms with van der Waals surface area (Å²) in [5, 5.41) is 5.44. The van der Waals surface area contributed by atoms with Crippen molar-refractivity contribution >= 4 is 16.7 Å². The van der Waals surface area contributed by atoms with Gasteiger partial charge in [0.05, 0.1) is 31.6 Å². The molecule has 2 aromatic carbocycles. The van der Waals surface area contributed by atoms with Crippen molar-refractivity contribution in [1.29, 1.82) is 0 Å². The molecule has 6 nitrogen and oxygen atoms in total. The van der Waals surface area contributed by atoms with Crippen molar-refractivity contribution in [3.05, 3.63) is 75.7 Å². The van der Waals surface area contributed by atoms with Crippen LogP contribution >= 0.6 is 0 Å². The lowest BCUT2D eigenvalue weighted by molar-refractivity contribution is -0.917. The van der Waals surface area contributed by atoms with Crippen molar-refractivity contribution in [1.82, 2.24) is 14.7 Å². The summed E-state index contributed by atoms with van der Waals surface area (Å²) in [6.07, 6.45) is 0. The molecule has 1 aliphatic heterocycles. The molecule has 4 rings (SSSR count). The normalized spacial score (nSPS) is 15.1. The van der Waals surface area contributed by atoms with Crippen LogP contribution in [0, 0.1) is 6.92 Å². The summed E-state index contributed by atoms with van der Waals surface area (Å²) in [5.41, 5.74) is 2.79. The van der Waals surface area contributed by atoms with E-state index in [0.29, 0.717) is 29.6 Å². The molecule has 0 atom stereocenters. The zero-order chi connectivity index (χ0) is 19.7. The van der Waals surface area contributed by atoms with Gasteiger partial charge in [0.1, 0.15) is 6.54 Å². The zero-order valence-corrected chi connectivity index (χ0v) is 16.3. The van der Waals surface area contributed by atoms with Crippen LogP contribution in [0.3, 0.4) is 0 Å². The van der Waals surface area contributed by atoms with E-state index in [-0.39, 0.29) is 11.5 Å². The number of rotatable bonds is 3. The van der Waals surface area contributed by atoms with Crippen LogP contribution in [-0.2, 0) is 13.6 Å². The molecule has 0 spiro atoms. The molecular formula is C22H25N4O2+. The Labute approximate surface area is 164 Å². The van der Waals surface area contributed by atoms with Gasteiger partial charge in [0.15, 0.2) is 5.69 Å². The Morgan fingerprint density at radius 1 is 1.07 bits per heavy atom. The number of benzene rings is 2. The largest absolute Gasteiger partial charge is 0.328 e. The average Bonchev–Trinajstić information content (AvgIpc) is 2.71. The van der Waals surface area contributed by atoms with Gasteiger partial charge in [0, 0.05) is 18.0 Å². The molecule has 1 aliphatic rings. The molecule has 1 aromatic heterocycles. The summed E-state index contributed by atoms with van der Waals surface area (Å²) in [5.74, 6) is -0.0959. The van der Waals surface area contributed by atoms with Crippen LogP contribution in [-0.4, -0.2) is 46.8 Å². The van der Waals surface area contributed by atoms with Gasteiger partial charge in [0.25, 0.3) is 11.5 Å². The third-order valence-electron chi connectivity index (χ3n) is 5.45. The number of piperazine rings is 1. The van der Waals surface area contributed by atoms with E-state index in [1.165, 1.54) is 20.7 Å². The number of nitrogens with zero attached hydrogens (tertiary/aromatic N) is 3. The highest BCUT2D eigenvalue weighted by Gasteiger charge is 2.27. The number of quaternary nitrogens is 1. The van der Waals surface area contributed by atoms with E-state index in [4.69, 9.17) is 0 Å². The van der Waals surface area contributed by atoms with Crippen molar-refractivity contribution in [3.63, 3.8) is 0 Å². The van der Waals surface area contributed by atoms with Crippen molar-refractivity contribution in [2.75, 3.05) is 26.2 Å². The molecule has 28 heavy (non-hydrogen) atoms. The van der Waals surface area contributed by atoms with Gasteiger partial charge in [-0.2, -0.15) is 5.10 Å². The average molecular weight is 377 g/mol. The molecule has 0 aliphatic carbocycles. The first-order chi connectivity index (χ1) is 13.5. The maximum atomic E-state index is 13.1. The van der Waals surface area contributed by atoms with Crippen LogP contribution in [0.5, 0.6) is 0 Å². The molecule has 6 heteroatoms. The lowest BCUT2D eigenvalue weighted by atomic mass is 10.1. The van der Waals surface area contributed by atoms with Gasteiger partial charge in [-0.3, -0.25) is 9.59 Å². The van der Waals surface area contributed by atoms with E-state index in [0.717, 1.165) is 19.6 Å². The molecule has 0 radical (unpaired) electrons. The maximum Gasteiger partial charge on any atom is 0.275 e. The molecule has 144 valence electrons. The van der Waals surface area contributed by atoms with E-state index < -0.39 is 0 Å². The van der Waals surface area contributed by atoms with Crippen LogP contribution < -0.4 is 10.5 Å². The van der Waals surface area contributed by atoms with E-state index >= 15 is 0 Å². The molecular weight excluding hydrogens is 352 g/mol. The molecule has 0 bridgehead atoms. The molecule has 1 amide bonds. The van der Waals surface area contributed by atoms with E-state index in [1.54, 1.807) is 19.2 Å². The highest BCUT2D eigenvalue weighted by Crippen LogP contribution is 2.15. The van der Waals surface area contributed by atoms with Gasteiger partial charge >= 0.3 is 0 Å². The predicted molar refractivity (Wildman–Crippen MR) is 108 cm³/mol. The van der Waals surface area contributed by atoms with E-state index in [1.807, 2.05) is 17.0 Å². The van der Waals surface area contributed by atoms with Gasteiger partial charge in [-0.1, -0.05) is 48.0 Å². The minimum Gasteiger partial charge on any atom is -0.328 e. The van der Waals surface area contributed by atoms with Crippen molar-refractivity contribution < 1.29 is 9.69 Å². The quantitative estimate of drug-likeness (QED) is 0.734. The number of hydrogen-bond acceptors (Lipinski definition) is 3. The van der Waals surface area contributed by atoms with Gasteiger partial charge in [0.2, 0.25) is 0 Å². The van der Waals surface area contributed by atoms with Crippen LogP contribution in [0.4, 0.5) is 0 Å². The molecule has 3 aromatic rings. The minimum absolute atomic E-state index is 0.0959. The number of amides is 1. The Hall–Kier alpha value is -2.99. The van der Waals surface area contributed by atoms with Gasteiger partial charge in [-0.15, -0.1) is 0 Å². The van der Waals surface area contributed by atoms with Gasteiger partial charge in [-0.05, 0) is 13.0 Å². The lowest BCUT2D eigenvalue weighted by Gasteiger charge is -2.32. The summed E-state index contributed by atoms with van der Waals surface area (Å²) < 4.78 is 1.26. The predicted octanol–water partition coefficient (Wildman–Crippen LogP) is 0.783. The lowest BCUT2D eigenvalue weighted by Crippen LogP contribution is -3.13. The van der Waals surface area contributed by atoms with Gasteiger partial charge < -0.3 is 9.80 Å². The minimum atomic E-state index is -0.181. The third-order valence-corrected chi connectivity index (χ3v) is 5.45. The Balaban J connectivity index is 1.50. The number of aromatic nitrogens is 2. The SMILES string of the molecule is Cc1cccc(C[NH+]2CCN(C(=O)c3nn(C)c(=O)c4ccccc34)CC2)c1. The first kappa shape index (κ1) is 18.4. The van der Waals surface area contributed by atoms with Crippen LogP contribution in [0.2, 0.25) is 0 Å². The fourth-order valence-corrected chi connectivity index (χ4v) is 3.92. The summed E-state index contributed by atoms with van der Waals surface area (Å²) in [4.78, 5) is 28.8. The fraction of sp³-hybridized carbons (Fsp3) is 0.318. The smallest absolute Gasteiger partial charge is 0.275 e. The molecule has 1 fully saturated rings. The second-order valence-corrected chi connectivity index (χ2v) is 7.53. The maximum absolute atomic E-state index is 13.1. The summed E-state index contributed by atoms with van der Waals surface area (Å²) in [6.45, 7) is 6.29. The number of carbonyl (C=O) groups excluding carboxylic acids is 1. The second-order valence-electron chi connectivity index (χ2n) is 7.53. The summed E-state index contributed by atoms with van der Waals surface area (Å²) >= 11 is 0. The Kier molecular flexibility index (Phi) is 4.96. The molecule has 1 saturated heterocycles. The number of nitrogens with one attached hydrogen (secondary N) is 1. The molecule has 0 saturated carbocycles. The highest BCUT2D eigenvalue weighted by atomic mass is 16.2. The summed E-state index contributed by atoms with van der Waals surface area (Å²) in [7, 11) is 1.59. The van der Waals surface area contributed by atoms with Crippen LogP contribution in [0.25, 0.3) is 10.8 Å². The van der Waals surface area contributed by atoms with Gasteiger partial charge in [-0.25, -0.2) is 4.68 Å². The van der Waals surface area contributed by atoms with Crippen LogP contribution in [0.15, 0.2) is 53.3 Å². The Morgan fingerprint density at radius 2 is 1.79 bits per heavy atom.